The van der Waals surface area contributed by atoms with E-state index < -0.39 is 5.41 Å². The molecule has 1 N–H and O–H groups in total. The van der Waals surface area contributed by atoms with Crippen LogP contribution in [0.1, 0.15) is 33.1 Å². The summed E-state index contributed by atoms with van der Waals surface area (Å²) in [6.45, 7) is 4.05. The van der Waals surface area contributed by atoms with Gasteiger partial charge in [0.05, 0.1) is 10.7 Å². The Labute approximate surface area is 134 Å². The predicted octanol–water partition coefficient (Wildman–Crippen LogP) is 4.33. The number of amides is 1. The van der Waals surface area contributed by atoms with Crippen LogP contribution in [0.4, 0.5) is 5.69 Å². The third-order valence-corrected chi connectivity index (χ3v) is 6.03. The van der Waals surface area contributed by atoms with Gasteiger partial charge in [-0.2, -0.15) is 0 Å². The molecule has 1 aromatic rings. The highest BCUT2D eigenvalue weighted by Gasteiger charge is 2.68. The zero-order valence-electron chi connectivity index (χ0n) is 12.0. The molecule has 2 bridgehead atoms. The first-order chi connectivity index (χ1) is 9.79. The quantitative estimate of drug-likeness (QED) is 0.823. The van der Waals surface area contributed by atoms with E-state index >= 15 is 0 Å². The Morgan fingerprint density at radius 1 is 1.33 bits per heavy atom. The first-order valence-electron chi connectivity index (χ1n) is 7.09. The van der Waals surface area contributed by atoms with Gasteiger partial charge in [-0.1, -0.05) is 37.0 Å². The number of hydrogen-bond donors (Lipinski definition) is 1. The summed E-state index contributed by atoms with van der Waals surface area (Å²) in [5.74, 6) is 0.103. The molecule has 3 rings (SSSR count). The Balaban J connectivity index is 1.95. The minimum Gasteiger partial charge on any atom is -0.324 e. The molecule has 1 aromatic carbocycles. The number of fused-ring (bicyclic) bond motifs is 2. The van der Waals surface area contributed by atoms with Crippen molar-refractivity contribution in [3.05, 3.63) is 28.2 Å². The molecule has 3 nitrogen and oxygen atoms in total. The molecule has 2 unspecified atom stereocenters. The first-order valence-corrected chi connectivity index (χ1v) is 7.84. The maximum Gasteiger partial charge on any atom is 0.238 e. The predicted molar refractivity (Wildman–Crippen MR) is 83.7 cm³/mol. The molecule has 0 heterocycles. The average molecular weight is 326 g/mol. The molecule has 0 aliphatic heterocycles. The van der Waals surface area contributed by atoms with Crippen LogP contribution in [-0.4, -0.2) is 11.7 Å². The third kappa shape index (κ3) is 1.94. The van der Waals surface area contributed by atoms with E-state index in [-0.39, 0.29) is 17.1 Å². The highest BCUT2D eigenvalue weighted by atomic mass is 35.5. The van der Waals surface area contributed by atoms with Gasteiger partial charge < -0.3 is 5.32 Å². The Bertz CT molecular complexity index is 641. The molecule has 2 saturated carbocycles. The SMILES string of the molecule is CC1(C)C2CCC1(C(=O)Nc1cc(Cl)ccc1Cl)C(=O)C2. The normalized spacial score (nSPS) is 29.7. The van der Waals surface area contributed by atoms with Gasteiger partial charge in [0.15, 0.2) is 0 Å². The van der Waals surface area contributed by atoms with Crippen LogP contribution in [0.15, 0.2) is 18.2 Å². The lowest BCUT2D eigenvalue weighted by Gasteiger charge is -2.35. The molecular weight excluding hydrogens is 309 g/mol. The number of benzene rings is 1. The number of anilines is 1. The van der Waals surface area contributed by atoms with Crippen molar-refractivity contribution in [2.75, 3.05) is 5.32 Å². The number of nitrogens with one attached hydrogen (secondary N) is 1. The molecule has 1 amide bonds. The highest BCUT2D eigenvalue weighted by Crippen LogP contribution is 2.64. The van der Waals surface area contributed by atoms with Gasteiger partial charge in [-0.25, -0.2) is 0 Å². The van der Waals surface area contributed by atoms with Crippen molar-refractivity contribution in [3.63, 3.8) is 0 Å². The van der Waals surface area contributed by atoms with Crippen molar-refractivity contribution in [2.45, 2.75) is 33.1 Å². The molecule has 0 saturated heterocycles. The Kier molecular flexibility index (Phi) is 3.34. The number of Topliss-reactive ketones (excluding diaryl/α,β-unsaturated/α-hetero) is 1. The van der Waals surface area contributed by atoms with E-state index in [1.54, 1.807) is 18.2 Å². The zero-order chi connectivity index (χ0) is 15.4. The van der Waals surface area contributed by atoms with E-state index in [9.17, 15) is 9.59 Å². The van der Waals surface area contributed by atoms with Gasteiger partial charge in [-0.05, 0) is 42.4 Å². The summed E-state index contributed by atoms with van der Waals surface area (Å²) in [6.07, 6.45) is 2.05. The lowest BCUT2D eigenvalue weighted by Crippen LogP contribution is -2.46. The average Bonchev–Trinajstić information content (AvgIpc) is 2.77. The van der Waals surface area contributed by atoms with E-state index in [2.05, 4.69) is 5.32 Å². The van der Waals surface area contributed by atoms with E-state index in [1.807, 2.05) is 13.8 Å². The van der Waals surface area contributed by atoms with E-state index in [0.717, 1.165) is 6.42 Å². The van der Waals surface area contributed by atoms with Crippen LogP contribution < -0.4 is 5.32 Å². The lowest BCUT2D eigenvalue weighted by atomic mass is 9.68. The van der Waals surface area contributed by atoms with E-state index in [0.29, 0.717) is 34.5 Å². The summed E-state index contributed by atoms with van der Waals surface area (Å²) in [7, 11) is 0. The molecule has 0 aromatic heterocycles. The monoisotopic (exact) mass is 325 g/mol. The van der Waals surface area contributed by atoms with Gasteiger partial charge in [0.2, 0.25) is 5.91 Å². The van der Waals surface area contributed by atoms with Crippen LogP contribution in [0, 0.1) is 16.7 Å². The smallest absolute Gasteiger partial charge is 0.238 e. The molecule has 112 valence electrons. The fourth-order valence-corrected chi connectivity index (χ4v) is 4.37. The second kappa shape index (κ2) is 4.72. The maximum absolute atomic E-state index is 12.9. The summed E-state index contributed by atoms with van der Waals surface area (Å²) < 4.78 is 0. The highest BCUT2D eigenvalue weighted by molar-refractivity contribution is 6.36. The van der Waals surface area contributed by atoms with Gasteiger partial charge >= 0.3 is 0 Å². The molecule has 2 fully saturated rings. The lowest BCUT2D eigenvalue weighted by molar-refractivity contribution is -0.141. The molecule has 2 aliphatic carbocycles. The van der Waals surface area contributed by atoms with Gasteiger partial charge in [-0.3, -0.25) is 9.59 Å². The van der Waals surface area contributed by atoms with Crippen LogP contribution in [-0.2, 0) is 9.59 Å². The molecule has 2 aliphatic rings. The van der Waals surface area contributed by atoms with Gasteiger partial charge in [0.25, 0.3) is 0 Å². The largest absolute Gasteiger partial charge is 0.324 e. The fourth-order valence-electron chi connectivity index (χ4n) is 4.03. The van der Waals surface area contributed by atoms with Crippen molar-refractivity contribution >= 4 is 40.6 Å². The summed E-state index contributed by atoms with van der Waals surface area (Å²) in [6, 6.07) is 4.90. The summed E-state index contributed by atoms with van der Waals surface area (Å²) in [5, 5.41) is 3.73. The number of halogens is 2. The molecule has 0 radical (unpaired) electrons. The number of carbonyl (C=O) groups is 2. The first kappa shape index (κ1) is 14.9. The van der Waals surface area contributed by atoms with Crippen LogP contribution in [0.3, 0.4) is 0 Å². The molecule has 2 atom stereocenters. The summed E-state index contributed by atoms with van der Waals surface area (Å²) in [4.78, 5) is 25.3. The Hall–Kier alpha value is -1.06. The minimum absolute atomic E-state index is 0.0550. The molecule has 0 spiro atoms. The topological polar surface area (TPSA) is 46.2 Å². The number of hydrogen-bond acceptors (Lipinski definition) is 2. The summed E-state index contributed by atoms with van der Waals surface area (Å²) >= 11 is 12.0. The van der Waals surface area contributed by atoms with E-state index in [1.165, 1.54) is 0 Å². The van der Waals surface area contributed by atoms with Crippen molar-refractivity contribution < 1.29 is 9.59 Å². The van der Waals surface area contributed by atoms with Crippen LogP contribution in [0.2, 0.25) is 10.0 Å². The number of ketones is 1. The Morgan fingerprint density at radius 3 is 2.62 bits per heavy atom. The standard InChI is InChI=1S/C16H17Cl2NO2/c1-15(2)9-5-6-16(15,13(20)7-9)14(21)19-12-8-10(17)3-4-11(12)18/h3-4,8-9H,5-7H2,1-2H3,(H,19,21). The number of rotatable bonds is 2. The second-order valence-corrected chi connectivity index (χ2v) is 7.41. The molecular formula is C16H17Cl2NO2. The van der Waals surface area contributed by atoms with E-state index in [4.69, 9.17) is 23.2 Å². The molecule has 21 heavy (non-hydrogen) atoms. The van der Waals surface area contributed by atoms with Gasteiger partial charge in [-0.15, -0.1) is 0 Å². The van der Waals surface area contributed by atoms with Crippen molar-refractivity contribution in [2.24, 2.45) is 16.7 Å². The number of carbonyl (C=O) groups excluding carboxylic acids is 2. The summed E-state index contributed by atoms with van der Waals surface area (Å²) in [5.41, 5.74) is -0.773. The second-order valence-electron chi connectivity index (χ2n) is 6.57. The van der Waals surface area contributed by atoms with Crippen LogP contribution in [0.25, 0.3) is 0 Å². The minimum atomic E-state index is -0.927. The third-order valence-electron chi connectivity index (χ3n) is 5.46. The van der Waals surface area contributed by atoms with Crippen molar-refractivity contribution in [1.82, 2.24) is 0 Å². The van der Waals surface area contributed by atoms with Gasteiger partial charge in [0, 0.05) is 11.4 Å². The Morgan fingerprint density at radius 2 is 2.05 bits per heavy atom. The van der Waals surface area contributed by atoms with Gasteiger partial charge in [0.1, 0.15) is 11.2 Å². The van der Waals surface area contributed by atoms with Crippen molar-refractivity contribution in [1.29, 1.82) is 0 Å². The van der Waals surface area contributed by atoms with Crippen LogP contribution in [0.5, 0.6) is 0 Å². The van der Waals surface area contributed by atoms with Crippen molar-refractivity contribution in [3.8, 4) is 0 Å². The maximum atomic E-state index is 12.9. The van der Waals surface area contributed by atoms with Crippen LogP contribution >= 0.6 is 23.2 Å². The molecule has 5 heteroatoms. The fraction of sp³-hybridized carbons (Fsp3) is 0.500. The zero-order valence-corrected chi connectivity index (χ0v) is 13.5.